The van der Waals surface area contributed by atoms with E-state index in [2.05, 4.69) is 10.4 Å². The van der Waals surface area contributed by atoms with Crippen LogP contribution in [0, 0.1) is 0 Å². The lowest BCUT2D eigenvalue weighted by Crippen LogP contribution is -2.09. The van der Waals surface area contributed by atoms with Crippen LogP contribution in [0.1, 0.15) is 12.8 Å². The van der Waals surface area contributed by atoms with Crippen molar-refractivity contribution in [1.82, 2.24) is 15.1 Å². The van der Waals surface area contributed by atoms with Crippen molar-refractivity contribution in [3.8, 4) is 0 Å². The van der Waals surface area contributed by atoms with Crippen molar-refractivity contribution in [2.24, 2.45) is 7.05 Å². The van der Waals surface area contributed by atoms with Crippen molar-refractivity contribution in [2.45, 2.75) is 12.8 Å². The summed E-state index contributed by atoms with van der Waals surface area (Å²) in [5.41, 5.74) is 0.000000000000000222. The van der Waals surface area contributed by atoms with Crippen LogP contribution in [0.5, 0.6) is 0 Å². The molecule has 0 spiro atoms. The number of nitrogens with one attached hydrogen (secondary N) is 2. The first-order chi connectivity index (χ1) is 5.80. The highest BCUT2D eigenvalue weighted by atomic mass is 16.1. The fourth-order valence-electron chi connectivity index (χ4n) is 1.02. The Bertz CT molecular complexity index is 252. The Kier molecular flexibility index (Phi) is 3.60. The van der Waals surface area contributed by atoms with Gasteiger partial charge in [0.25, 0.3) is 5.56 Å². The first kappa shape index (κ1) is 9.06. The van der Waals surface area contributed by atoms with E-state index in [1.54, 1.807) is 13.2 Å². The Morgan fingerprint density at radius 1 is 1.42 bits per heavy atom. The van der Waals surface area contributed by atoms with Gasteiger partial charge in [-0.15, -0.1) is 0 Å². The molecule has 0 unspecified atom stereocenters. The number of rotatable bonds is 0. The second-order valence-electron chi connectivity index (χ2n) is 2.82. The quantitative estimate of drug-likeness (QED) is 0.578. The average molecular weight is 169 g/mol. The van der Waals surface area contributed by atoms with Crippen LogP contribution in [0.15, 0.2) is 17.1 Å². The molecule has 1 fully saturated rings. The molecule has 2 N–H and O–H groups in total. The molecule has 1 aliphatic heterocycles. The molecule has 0 saturated carbocycles. The molecule has 1 aromatic heterocycles. The predicted molar refractivity (Wildman–Crippen MR) is 48.1 cm³/mol. The van der Waals surface area contributed by atoms with Crippen molar-refractivity contribution in [2.75, 3.05) is 13.1 Å². The van der Waals surface area contributed by atoms with E-state index < -0.39 is 0 Å². The Morgan fingerprint density at radius 2 is 2.08 bits per heavy atom. The Labute approximate surface area is 71.6 Å². The molecule has 12 heavy (non-hydrogen) atoms. The molecule has 4 heteroatoms. The molecular weight excluding hydrogens is 154 g/mol. The standard InChI is InChI=1S/C4H6N2O.C4H9N/c1-6-4(7)2-3-5-6;1-2-4-5-3-1/h2-3,5H,1H3;5H,1-4H2. The van der Waals surface area contributed by atoms with Crippen molar-refractivity contribution < 1.29 is 0 Å². The maximum absolute atomic E-state index is 10.4. The van der Waals surface area contributed by atoms with Gasteiger partial charge < -0.3 is 10.4 Å². The van der Waals surface area contributed by atoms with Crippen molar-refractivity contribution in [1.29, 1.82) is 0 Å². The third kappa shape index (κ3) is 2.92. The summed E-state index contributed by atoms with van der Waals surface area (Å²) < 4.78 is 1.40. The SMILES string of the molecule is C1CCNC1.Cn1[nH]ccc1=O. The molecule has 1 aliphatic rings. The summed E-state index contributed by atoms with van der Waals surface area (Å²) in [4.78, 5) is 10.4. The largest absolute Gasteiger partial charge is 0.317 e. The molecule has 0 bridgehead atoms. The van der Waals surface area contributed by atoms with Crippen LogP contribution in [0.3, 0.4) is 0 Å². The van der Waals surface area contributed by atoms with Gasteiger partial charge in [-0.1, -0.05) is 0 Å². The van der Waals surface area contributed by atoms with E-state index in [9.17, 15) is 4.79 Å². The maximum atomic E-state index is 10.4. The lowest BCUT2D eigenvalue weighted by atomic mass is 10.4. The molecule has 1 aromatic rings. The third-order valence-corrected chi connectivity index (χ3v) is 1.78. The van der Waals surface area contributed by atoms with Crippen molar-refractivity contribution in [3.63, 3.8) is 0 Å². The molecular formula is C8H15N3O. The molecule has 1 saturated heterocycles. The van der Waals surface area contributed by atoms with Crippen LogP contribution in [-0.2, 0) is 7.05 Å². The van der Waals surface area contributed by atoms with Gasteiger partial charge in [0.1, 0.15) is 0 Å². The Morgan fingerprint density at radius 3 is 2.25 bits per heavy atom. The van der Waals surface area contributed by atoms with Gasteiger partial charge in [-0.3, -0.25) is 9.48 Å². The van der Waals surface area contributed by atoms with E-state index in [0.29, 0.717) is 0 Å². The number of aryl methyl sites for hydroxylation is 1. The number of nitrogens with zero attached hydrogens (tertiary/aromatic N) is 1. The molecule has 0 amide bonds. The highest BCUT2D eigenvalue weighted by Gasteiger charge is 1.93. The average Bonchev–Trinajstić information content (AvgIpc) is 2.67. The molecule has 2 heterocycles. The monoisotopic (exact) mass is 169 g/mol. The minimum absolute atomic E-state index is 0.000000000000000222. The third-order valence-electron chi connectivity index (χ3n) is 1.78. The molecule has 2 rings (SSSR count). The summed E-state index contributed by atoms with van der Waals surface area (Å²) in [5, 5.41) is 5.89. The topological polar surface area (TPSA) is 49.8 Å². The van der Waals surface area contributed by atoms with Crippen LogP contribution in [0.25, 0.3) is 0 Å². The summed E-state index contributed by atoms with van der Waals surface area (Å²) >= 11 is 0. The summed E-state index contributed by atoms with van der Waals surface area (Å²) in [6.07, 6.45) is 4.38. The van der Waals surface area contributed by atoms with E-state index in [1.165, 1.54) is 36.7 Å². The van der Waals surface area contributed by atoms with Gasteiger partial charge >= 0.3 is 0 Å². The lowest BCUT2D eigenvalue weighted by molar-refractivity contribution is 0.740. The second kappa shape index (κ2) is 4.77. The first-order valence-electron chi connectivity index (χ1n) is 4.22. The normalized spacial score (nSPS) is 15.4. The first-order valence-corrected chi connectivity index (χ1v) is 4.22. The zero-order chi connectivity index (χ0) is 8.81. The van der Waals surface area contributed by atoms with Gasteiger partial charge in [0, 0.05) is 19.3 Å². The fourth-order valence-corrected chi connectivity index (χ4v) is 1.02. The van der Waals surface area contributed by atoms with Gasteiger partial charge in [-0.05, 0) is 25.9 Å². The van der Waals surface area contributed by atoms with Crippen molar-refractivity contribution >= 4 is 0 Å². The highest BCUT2D eigenvalue weighted by molar-refractivity contribution is 4.78. The van der Waals surface area contributed by atoms with Gasteiger partial charge in [0.2, 0.25) is 0 Å². The minimum atomic E-state index is 0.000000000000000222. The zero-order valence-electron chi connectivity index (χ0n) is 7.34. The van der Waals surface area contributed by atoms with Gasteiger partial charge in [-0.2, -0.15) is 0 Å². The zero-order valence-corrected chi connectivity index (χ0v) is 7.34. The molecule has 0 atom stereocenters. The number of hydrogen-bond donors (Lipinski definition) is 2. The van der Waals surface area contributed by atoms with Crippen LogP contribution < -0.4 is 10.9 Å². The number of hydrogen-bond acceptors (Lipinski definition) is 2. The van der Waals surface area contributed by atoms with Crippen molar-refractivity contribution in [3.05, 3.63) is 22.6 Å². The molecule has 68 valence electrons. The number of H-pyrrole nitrogens is 1. The van der Waals surface area contributed by atoms with E-state index >= 15 is 0 Å². The van der Waals surface area contributed by atoms with Gasteiger partial charge in [0.15, 0.2) is 0 Å². The van der Waals surface area contributed by atoms with Crippen LogP contribution in [0.2, 0.25) is 0 Å². The van der Waals surface area contributed by atoms with Gasteiger partial charge in [-0.25, -0.2) is 0 Å². The van der Waals surface area contributed by atoms with E-state index in [-0.39, 0.29) is 5.56 Å². The molecule has 4 nitrogen and oxygen atoms in total. The van der Waals surface area contributed by atoms with Crippen LogP contribution >= 0.6 is 0 Å². The van der Waals surface area contributed by atoms with E-state index in [1.807, 2.05) is 0 Å². The maximum Gasteiger partial charge on any atom is 0.266 e. The van der Waals surface area contributed by atoms with E-state index in [4.69, 9.17) is 0 Å². The number of aromatic nitrogens is 2. The smallest absolute Gasteiger partial charge is 0.266 e. The van der Waals surface area contributed by atoms with E-state index in [0.717, 1.165) is 0 Å². The molecule has 0 radical (unpaired) electrons. The van der Waals surface area contributed by atoms with Crippen LogP contribution in [0.4, 0.5) is 0 Å². The summed E-state index contributed by atoms with van der Waals surface area (Å²) in [6, 6.07) is 1.47. The molecule has 0 aromatic carbocycles. The summed E-state index contributed by atoms with van der Waals surface area (Å²) in [7, 11) is 1.67. The summed E-state index contributed by atoms with van der Waals surface area (Å²) in [5.74, 6) is 0. The minimum Gasteiger partial charge on any atom is -0.317 e. The Hall–Kier alpha value is -1.03. The summed E-state index contributed by atoms with van der Waals surface area (Å²) in [6.45, 7) is 2.50. The van der Waals surface area contributed by atoms with Crippen LogP contribution in [-0.4, -0.2) is 22.9 Å². The van der Waals surface area contributed by atoms with Gasteiger partial charge in [0.05, 0.1) is 0 Å². The highest BCUT2D eigenvalue weighted by Crippen LogP contribution is 1.90. The lowest BCUT2D eigenvalue weighted by Gasteiger charge is -1.79. The fraction of sp³-hybridized carbons (Fsp3) is 0.625. The second-order valence-corrected chi connectivity index (χ2v) is 2.82. The number of aromatic amines is 1. The predicted octanol–water partition coefficient (Wildman–Crippen LogP) is 0.0832. The molecule has 0 aliphatic carbocycles. The Balaban J connectivity index is 0.000000127.